The van der Waals surface area contributed by atoms with E-state index in [0.717, 1.165) is 30.0 Å². The van der Waals surface area contributed by atoms with Gasteiger partial charge in [-0.25, -0.2) is 13.4 Å². The number of rotatable bonds is 9. The molecule has 2 aromatic carbocycles. The molecule has 1 aliphatic heterocycles. The first-order valence-corrected chi connectivity index (χ1v) is 14.9. The number of halogens is 1. The molecule has 3 aromatic rings. The third-order valence-corrected chi connectivity index (χ3v) is 8.96. The monoisotopic (exact) mass is 557 g/mol. The Morgan fingerprint density at radius 2 is 1.84 bits per heavy atom. The molecule has 204 valence electrons. The van der Waals surface area contributed by atoms with Crippen molar-refractivity contribution in [3.05, 3.63) is 58.7 Å². The largest absolute Gasteiger partial charge is 0.489 e. The maximum Gasteiger partial charge on any atom is 0.229 e. The first-order chi connectivity index (χ1) is 18.1. The van der Waals surface area contributed by atoms with Gasteiger partial charge in [-0.2, -0.15) is 4.98 Å². The second-order valence-corrected chi connectivity index (χ2v) is 13.0. The van der Waals surface area contributed by atoms with Crippen molar-refractivity contribution in [2.45, 2.75) is 76.2 Å². The van der Waals surface area contributed by atoms with Crippen molar-refractivity contribution >= 4 is 44.6 Å². The zero-order valence-electron chi connectivity index (χ0n) is 22.5. The molecule has 1 unspecified atom stereocenters. The fourth-order valence-corrected chi connectivity index (χ4v) is 5.82. The van der Waals surface area contributed by atoms with Crippen LogP contribution in [0.1, 0.15) is 64.1 Å². The minimum Gasteiger partial charge on any atom is -0.489 e. The molecule has 1 saturated heterocycles. The number of ether oxygens (including phenoxy) is 1. The molecule has 4 rings (SSSR count). The average molecular weight is 558 g/mol. The fraction of sp³-hybridized carbons (Fsp3) is 0.429. The summed E-state index contributed by atoms with van der Waals surface area (Å²) in [5.74, 6) is 1.31. The van der Waals surface area contributed by atoms with Crippen molar-refractivity contribution in [1.29, 1.82) is 0 Å². The third kappa shape index (κ3) is 6.39. The van der Waals surface area contributed by atoms with Crippen molar-refractivity contribution in [2.75, 3.05) is 17.2 Å². The second kappa shape index (κ2) is 11.9. The van der Waals surface area contributed by atoms with Gasteiger partial charge < -0.3 is 20.7 Å². The first-order valence-electron chi connectivity index (χ1n) is 13.0. The summed E-state index contributed by atoms with van der Waals surface area (Å²) in [5, 5.41) is 9.69. The van der Waals surface area contributed by atoms with E-state index in [0.29, 0.717) is 23.5 Å². The Labute approximate surface area is 230 Å². The Morgan fingerprint density at radius 1 is 1.08 bits per heavy atom. The molecule has 1 aliphatic rings. The van der Waals surface area contributed by atoms with E-state index in [2.05, 4.69) is 45.0 Å². The molecule has 0 aliphatic carbocycles. The van der Waals surface area contributed by atoms with E-state index in [4.69, 9.17) is 16.3 Å². The highest BCUT2D eigenvalue weighted by Gasteiger charge is 2.24. The lowest BCUT2D eigenvalue weighted by atomic mass is 9.93. The van der Waals surface area contributed by atoms with Gasteiger partial charge in [-0.3, -0.25) is 0 Å². The summed E-state index contributed by atoms with van der Waals surface area (Å²) in [6.45, 7) is 10.4. The summed E-state index contributed by atoms with van der Waals surface area (Å²) in [4.78, 5) is 9.11. The Kier molecular flexibility index (Phi) is 8.80. The second-order valence-electron chi connectivity index (χ2n) is 10.1. The Balaban J connectivity index is 1.66. The van der Waals surface area contributed by atoms with Crippen LogP contribution < -0.4 is 20.7 Å². The number of para-hydroxylation sites is 1. The minimum absolute atomic E-state index is 0.0202. The number of nitrogens with one attached hydrogen (secondary N) is 3. The molecular formula is C28H36ClN5O3S. The van der Waals surface area contributed by atoms with E-state index in [1.165, 1.54) is 24.6 Å². The van der Waals surface area contributed by atoms with Gasteiger partial charge in [0, 0.05) is 6.04 Å². The number of nitrogens with zero attached hydrogens (tertiary/aromatic N) is 2. The van der Waals surface area contributed by atoms with Crippen LogP contribution >= 0.6 is 11.6 Å². The summed E-state index contributed by atoms with van der Waals surface area (Å²) in [6.07, 6.45) is 4.96. The van der Waals surface area contributed by atoms with Gasteiger partial charge in [-0.1, -0.05) is 30.2 Å². The normalized spacial score (nSPS) is 16.1. The number of piperidine rings is 1. The smallest absolute Gasteiger partial charge is 0.229 e. The van der Waals surface area contributed by atoms with Crippen LogP contribution in [-0.2, 0) is 9.84 Å². The minimum atomic E-state index is -3.52. The van der Waals surface area contributed by atoms with Gasteiger partial charge in [0.15, 0.2) is 15.7 Å². The quantitative estimate of drug-likeness (QED) is 0.266. The number of anilines is 4. The zero-order valence-corrected chi connectivity index (χ0v) is 24.1. The van der Waals surface area contributed by atoms with Gasteiger partial charge in [0.2, 0.25) is 5.95 Å². The molecule has 38 heavy (non-hydrogen) atoms. The summed E-state index contributed by atoms with van der Waals surface area (Å²) in [6, 6.07) is 11.2. The lowest BCUT2D eigenvalue weighted by molar-refractivity contribution is 0.243. The highest BCUT2D eigenvalue weighted by Crippen LogP contribution is 2.37. The standard InChI is InChI=1S/C28H36ClN5O3S/c1-17(2)37-25-15-20(22-10-8-9-13-30-22)19(5)14-24(25)33-28-31-16-21(29)27(34-28)32-23-11-6-7-12-26(23)38(35,36)18(3)4/h6-7,11-12,14-18,22,30H,8-10,13H2,1-5H3,(H2,31,32,33,34). The lowest BCUT2D eigenvalue weighted by Crippen LogP contribution is -2.27. The molecule has 0 bridgehead atoms. The Morgan fingerprint density at radius 3 is 2.53 bits per heavy atom. The van der Waals surface area contributed by atoms with E-state index in [-0.39, 0.29) is 16.0 Å². The van der Waals surface area contributed by atoms with Gasteiger partial charge in [-0.15, -0.1) is 0 Å². The molecule has 2 heterocycles. The lowest BCUT2D eigenvalue weighted by Gasteiger charge is -2.27. The Bertz CT molecular complexity index is 1390. The van der Waals surface area contributed by atoms with Crippen LogP contribution in [0.15, 0.2) is 47.5 Å². The number of aromatic nitrogens is 2. The van der Waals surface area contributed by atoms with Gasteiger partial charge in [0.05, 0.1) is 33.8 Å². The maximum atomic E-state index is 12.9. The maximum absolute atomic E-state index is 12.9. The van der Waals surface area contributed by atoms with Crippen molar-refractivity contribution in [1.82, 2.24) is 15.3 Å². The van der Waals surface area contributed by atoms with Gasteiger partial charge in [-0.05, 0) is 89.4 Å². The van der Waals surface area contributed by atoms with E-state index >= 15 is 0 Å². The van der Waals surface area contributed by atoms with Crippen molar-refractivity contribution in [3.8, 4) is 5.75 Å². The van der Waals surface area contributed by atoms with Crippen LogP contribution in [0.2, 0.25) is 5.02 Å². The predicted octanol–water partition coefficient (Wildman–Crippen LogP) is 6.71. The van der Waals surface area contributed by atoms with Crippen molar-refractivity contribution in [2.24, 2.45) is 0 Å². The van der Waals surface area contributed by atoms with Gasteiger partial charge >= 0.3 is 0 Å². The molecule has 0 radical (unpaired) electrons. The SMILES string of the molecule is Cc1cc(Nc2ncc(Cl)c(Nc3ccccc3S(=O)(=O)C(C)C)n2)c(OC(C)C)cc1C1CCCCN1. The Hall–Kier alpha value is -2.88. The van der Waals surface area contributed by atoms with Crippen molar-refractivity contribution in [3.63, 3.8) is 0 Å². The van der Waals surface area contributed by atoms with Crippen LogP contribution in [-0.4, -0.2) is 36.3 Å². The number of sulfone groups is 1. The van der Waals surface area contributed by atoms with Crippen molar-refractivity contribution < 1.29 is 13.2 Å². The molecule has 8 nitrogen and oxygen atoms in total. The first kappa shape index (κ1) is 28.1. The molecule has 0 amide bonds. The molecule has 0 saturated carbocycles. The van der Waals surface area contributed by atoms with E-state index < -0.39 is 15.1 Å². The molecule has 1 atom stereocenters. The predicted molar refractivity (Wildman–Crippen MR) is 154 cm³/mol. The average Bonchev–Trinajstić information content (AvgIpc) is 2.88. The number of hydrogen-bond acceptors (Lipinski definition) is 8. The molecule has 10 heteroatoms. The van der Waals surface area contributed by atoms with Crippen LogP contribution in [0.3, 0.4) is 0 Å². The zero-order chi connectivity index (χ0) is 27.4. The highest BCUT2D eigenvalue weighted by atomic mass is 35.5. The van der Waals surface area contributed by atoms with E-state index in [1.807, 2.05) is 13.8 Å². The summed E-state index contributed by atoms with van der Waals surface area (Å²) in [7, 11) is -3.52. The number of aryl methyl sites for hydroxylation is 1. The summed E-state index contributed by atoms with van der Waals surface area (Å²) in [5.41, 5.74) is 3.51. The van der Waals surface area contributed by atoms with Crippen LogP contribution in [0.25, 0.3) is 0 Å². The van der Waals surface area contributed by atoms with E-state index in [1.54, 1.807) is 38.1 Å². The highest BCUT2D eigenvalue weighted by molar-refractivity contribution is 7.92. The summed E-state index contributed by atoms with van der Waals surface area (Å²) >= 11 is 6.41. The molecular weight excluding hydrogens is 522 g/mol. The molecule has 1 fully saturated rings. The molecule has 1 aromatic heterocycles. The number of hydrogen-bond donors (Lipinski definition) is 3. The van der Waals surface area contributed by atoms with Crippen LogP contribution in [0.5, 0.6) is 5.75 Å². The topological polar surface area (TPSA) is 105 Å². The van der Waals surface area contributed by atoms with Gasteiger partial charge in [0.25, 0.3) is 0 Å². The number of benzene rings is 2. The fourth-order valence-electron chi connectivity index (χ4n) is 4.48. The molecule has 0 spiro atoms. The van der Waals surface area contributed by atoms with E-state index in [9.17, 15) is 8.42 Å². The third-order valence-electron chi connectivity index (χ3n) is 6.47. The van der Waals surface area contributed by atoms with Crippen LogP contribution in [0.4, 0.5) is 23.1 Å². The molecule has 3 N–H and O–H groups in total. The summed E-state index contributed by atoms with van der Waals surface area (Å²) < 4.78 is 32.0. The van der Waals surface area contributed by atoms with Gasteiger partial charge in [0.1, 0.15) is 10.8 Å². The van der Waals surface area contributed by atoms with Crippen LogP contribution in [0, 0.1) is 6.92 Å².